The van der Waals surface area contributed by atoms with Crippen LogP contribution in [0.3, 0.4) is 0 Å². The van der Waals surface area contributed by atoms with E-state index in [0.29, 0.717) is 13.2 Å². The Morgan fingerprint density at radius 1 is 0.625 bits per heavy atom. The van der Waals surface area contributed by atoms with Crippen LogP contribution in [0.1, 0.15) is 51.7 Å². The van der Waals surface area contributed by atoms with Crippen molar-refractivity contribution in [2.75, 3.05) is 31.2 Å². The van der Waals surface area contributed by atoms with E-state index in [0.717, 1.165) is 42.5 Å². The van der Waals surface area contributed by atoms with Crippen molar-refractivity contribution in [3.8, 4) is 11.5 Å². The quantitative estimate of drug-likeness (QED) is 0.130. The first-order valence-corrected chi connectivity index (χ1v) is 20.2. The Labute approximate surface area is 335 Å². The minimum Gasteiger partial charge on any atom is -0.492 e. The monoisotopic (exact) mass is 755 g/mol. The molecule has 0 spiro atoms. The third-order valence-corrected chi connectivity index (χ3v) is 12.5. The molecule has 0 aromatic heterocycles. The van der Waals surface area contributed by atoms with Crippen LogP contribution in [0.5, 0.6) is 11.5 Å². The number of fused-ring (bicyclic) bond motifs is 6. The first-order valence-electron chi connectivity index (χ1n) is 19.9. The SMILES string of the molecule is CC1(C)C(=CC2=C(Cl)/C(=C/C3=[N+](CCOc4ccccc4)c4ccc5ccccc5c4C3(C)C)CC2)N(CCOc2ccccc2)c2ccc3ccccc3c21. The van der Waals surface area contributed by atoms with Crippen molar-refractivity contribution in [2.24, 2.45) is 0 Å². The molecule has 0 amide bonds. The fourth-order valence-corrected chi connectivity index (χ4v) is 9.61. The summed E-state index contributed by atoms with van der Waals surface area (Å²) in [6, 6.07) is 46.8. The van der Waals surface area contributed by atoms with Gasteiger partial charge in [-0.1, -0.05) is 116 Å². The minimum absolute atomic E-state index is 0.250. The highest BCUT2D eigenvalue weighted by atomic mass is 35.5. The molecule has 0 fully saturated rings. The predicted octanol–water partition coefficient (Wildman–Crippen LogP) is 12.4. The van der Waals surface area contributed by atoms with Crippen LogP contribution in [0, 0.1) is 0 Å². The average Bonchev–Trinajstić information content (AvgIpc) is 3.75. The first kappa shape index (κ1) is 36.1. The minimum atomic E-state index is -0.250. The molecular formula is C51H48ClN2O2+. The van der Waals surface area contributed by atoms with Crippen molar-refractivity contribution in [2.45, 2.75) is 51.4 Å². The Morgan fingerprint density at radius 2 is 1.21 bits per heavy atom. The van der Waals surface area contributed by atoms with Crippen LogP contribution in [0.2, 0.25) is 0 Å². The first-order chi connectivity index (χ1) is 27.2. The van der Waals surface area contributed by atoms with E-state index >= 15 is 0 Å². The number of allylic oxidation sites excluding steroid dienone is 6. The standard InChI is InChI=1S/C51H48ClN2O2/c1-50(2)45(53(29-31-55-39-17-7-5-8-18-39)43-27-25-35-15-11-13-21-41(35)47(43)50)33-37-23-24-38(49(37)52)34-46-51(3,4)48-42-22-14-12-16-36(42)26-28-44(48)54(46)30-32-56-40-19-9-6-10-20-40/h5-22,25-28,33-34H,23-24,29-32H2,1-4H3/q+1. The fraction of sp³-hybridized carbons (Fsp3) is 0.235. The van der Waals surface area contributed by atoms with Crippen molar-refractivity contribution in [1.29, 1.82) is 0 Å². The molecule has 56 heavy (non-hydrogen) atoms. The Balaban J connectivity index is 1.10. The summed E-state index contributed by atoms with van der Waals surface area (Å²) >= 11 is 7.53. The van der Waals surface area contributed by atoms with Gasteiger partial charge < -0.3 is 14.4 Å². The molecule has 5 heteroatoms. The van der Waals surface area contributed by atoms with Gasteiger partial charge in [0.25, 0.3) is 0 Å². The van der Waals surface area contributed by atoms with E-state index in [1.165, 1.54) is 66.6 Å². The number of para-hydroxylation sites is 2. The molecule has 9 rings (SSSR count). The largest absolute Gasteiger partial charge is 0.492 e. The fourth-order valence-electron chi connectivity index (χ4n) is 9.31. The van der Waals surface area contributed by atoms with Crippen LogP contribution in [-0.4, -0.2) is 36.6 Å². The molecule has 0 N–H and O–H groups in total. The number of hydrogen-bond acceptors (Lipinski definition) is 3. The second-order valence-corrected chi connectivity index (χ2v) is 16.5. The maximum Gasteiger partial charge on any atom is 0.210 e. The van der Waals surface area contributed by atoms with Gasteiger partial charge in [0, 0.05) is 39.5 Å². The van der Waals surface area contributed by atoms with Crippen LogP contribution in [0.15, 0.2) is 167 Å². The van der Waals surface area contributed by atoms with Gasteiger partial charge in [0.15, 0.2) is 12.3 Å². The zero-order valence-electron chi connectivity index (χ0n) is 32.7. The molecule has 0 bridgehead atoms. The van der Waals surface area contributed by atoms with Gasteiger partial charge in [-0.2, -0.15) is 4.58 Å². The maximum absolute atomic E-state index is 7.53. The van der Waals surface area contributed by atoms with E-state index < -0.39 is 0 Å². The van der Waals surface area contributed by atoms with Gasteiger partial charge in [-0.05, 0) is 107 Å². The van der Waals surface area contributed by atoms with E-state index in [4.69, 9.17) is 21.1 Å². The molecule has 0 atom stereocenters. The molecule has 0 saturated heterocycles. The molecule has 280 valence electrons. The van der Waals surface area contributed by atoms with E-state index in [1.54, 1.807) is 0 Å². The van der Waals surface area contributed by atoms with Crippen LogP contribution in [0.25, 0.3) is 21.5 Å². The lowest BCUT2D eigenvalue weighted by molar-refractivity contribution is -0.439. The molecule has 3 aliphatic rings. The highest BCUT2D eigenvalue weighted by molar-refractivity contribution is 6.33. The van der Waals surface area contributed by atoms with Crippen molar-refractivity contribution in [3.63, 3.8) is 0 Å². The highest BCUT2D eigenvalue weighted by Gasteiger charge is 2.46. The number of anilines is 1. The summed E-state index contributed by atoms with van der Waals surface area (Å²) in [5.41, 5.74) is 9.57. The van der Waals surface area contributed by atoms with E-state index in [-0.39, 0.29) is 10.8 Å². The van der Waals surface area contributed by atoms with Crippen molar-refractivity contribution in [1.82, 2.24) is 0 Å². The van der Waals surface area contributed by atoms with Gasteiger partial charge in [0.1, 0.15) is 24.7 Å². The lowest BCUT2D eigenvalue weighted by Gasteiger charge is -2.28. The van der Waals surface area contributed by atoms with E-state index in [9.17, 15) is 0 Å². The zero-order chi connectivity index (χ0) is 38.4. The van der Waals surface area contributed by atoms with Gasteiger partial charge in [-0.3, -0.25) is 0 Å². The van der Waals surface area contributed by atoms with Crippen LogP contribution in [-0.2, 0) is 10.8 Å². The van der Waals surface area contributed by atoms with Gasteiger partial charge in [-0.25, -0.2) is 0 Å². The summed E-state index contributed by atoms with van der Waals surface area (Å²) in [4.78, 5) is 2.47. The zero-order valence-corrected chi connectivity index (χ0v) is 33.4. The van der Waals surface area contributed by atoms with E-state index in [1.807, 2.05) is 60.7 Å². The van der Waals surface area contributed by atoms with Crippen molar-refractivity contribution in [3.05, 3.63) is 179 Å². The number of ether oxygens (including phenoxy) is 2. The number of nitrogens with zero attached hydrogens (tertiary/aromatic N) is 2. The maximum atomic E-state index is 7.53. The molecule has 2 heterocycles. The van der Waals surface area contributed by atoms with Gasteiger partial charge in [0.2, 0.25) is 5.69 Å². The van der Waals surface area contributed by atoms with Crippen molar-refractivity contribution < 1.29 is 14.0 Å². The van der Waals surface area contributed by atoms with Crippen LogP contribution < -0.4 is 14.4 Å². The van der Waals surface area contributed by atoms with Gasteiger partial charge in [0.05, 0.1) is 12.0 Å². The highest BCUT2D eigenvalue weighted by Crippen LogP contribution is 2.52. The molecule has 0 radical (unpaired) electrons. The van der Waals surface area contributed by atoms with Crippen LogP contribution >= 0.6 is 11.6 Å². The van der Waals surface area contributed by atoms with Crippen molar-refractivity contribution >= 4 is 50.2 Å². The number of rotatable bonds is 10. The summed E-state index contributed by atoms with van der Waals surface area (Å²) < 4.78 is 15.0. The smallest absolute Gasteiger partial charge is 0.210 e. The average molecular weight is 756 g/mol. The Kier molecular flexibility index (Phi) is 9.34. The Hall–Kier alpha value is -5.58. The summed E-state index contributed by atoms with van der Waals surface area (Å²) in [5.74, 6) is 1.77. The summed E-state index contributed by atoms with van der Waals surface area (Å²) in [5, 5.41) is 5.96. The third-order valence-electron chi connectivity index (χ3n) is 12.0. The lowest BCUT2D eigenvalue weighted by Crippen LogP contribution is -2.30. The number of hydrogen-bond donors (Lipinski definition) is 0. The molecule has 6 aromatic carbocycles. The topological polar surface area (TPSA) is 24.7 Å². The Morgan fingerprint density at radius 3 is 1.89 bits per heavy atom. The van der Waals surface area contributed by atoms with Crippen LogP contribution in [0.4, 0.5) is 11.4 Å². The number of benzene rings is 6. The second-order valence-electron chi connectivity index (χ2n) is 16.2. The van der Waals surface area contributed by atoms with Gasteiger partial charge in [-0.15, -0.1) is 0 Å². The molecule has 6 aromatic rings. The third kappa shape index (κ3) is 6.30. The second kappa shape index (κ2) is 14.5. The predicted molar refractivity (Wildman–Crippen MR) is 233 cm³/mol. The molecular weight excluding hydrogens is 708 g/mol. The molecule has 2 aliphatic heterocycles. The summed E-state index contributed by atoms with van der Waals surface area (Å²) in [6.45, 7) is 12.0. The van der Waals surface area contributed by atoms with E-state index in [2.05, 4.69) is 122 Å². The normalized spacial score (nSPS) is 18.4. The molecule has 0 saturated carbocycles. The number of halogens is 1. The van der Waals surface area contributed by atoms with Gasteiger partial charge >= 0.3 is 0 Å². The molecule has 0 unspecified atom stereocenters. The molecule has 1 aliphatic carbocycles. The summed E-state index contributed by atoms with van der Waals surface area (Å²) in [6.07, 6.45) is 6.55. The molecule has 4 nitrogen and oxygen atoms in total. The lowest BCUT2D eigenvalue weighted by atomic mass is 9.78. The Bertz CT molecular complexity index is 2600. The summed E-state index contributed by atoms with van der Waals surface area (Å²) in [7, 11) is 0.